The van der Waals surface area contributed by atoms with Crippen LogP contribution in [0.3, 0.4) is 0 Å². The molecule has 0 radical (unpaired) electrons. The molecule has 1 aromatic heterocycles. The molecular formula is C18H25F2N3O. The van der Waals surface area contributed by atoms with Gasteiger partial charge >= 0.3 is 0 Å². The SMILES string of the molecule is CC1CN(c2nc3c(cc2C(N)=O)CCCCCC3)CCC1(F)F. The fourth-order valence-corrected chi connectivity index (χ4v) is 3.68. The Morgan fingerprint density at radius 3 is 2.67 bits per heavy atom. The Labute approximate surface area is 141 Å². The summed E-state index contributed by atoms with van der Waals surface area (Å²) in [5, 5.41) is 0. The van der Waals surface area contributed by atoms with Gasteiger partial charge in [0.2, 0.25) is 0 Å². The Kier molecular flexibility index (Phi) is 4.74. The van der Waals surface area contributed by atoms with Crippen molar-refractivity contribution in [2.45, 2.75) is 57.8 Å². The van der Waals surface area contributed by atoms with E-state index in [9.17, 15) is 13.6 Å². The molecule has 2 N–H and O–H groups in total. The molecule has 4 nitrogen and oxygen atoms in total. The van der Waals surface area contributed by atoms with Gasteiger partial charge in [0.05, 0.1) is 5.56 Å². The molecule has 1 fully saturated rings. The number of hydrogen-bond acceptors (Lipinski definition) is 3. The van der Waals surface area contributed by atoms with Crippen LogP contribution in [0.25, 0.3) is 0 Å². The molecule has 2 heterocycles. The van der Waals surface area contributed by atoms with Gasteiger partial charge in [0.1, 0.15) is 5.82 Å². The molecule has 1 aliphatic carbocycles. The maximum atomic E-state index is 13.8. The molecule has 1 atom stereocenters. The lowest BCUT2D eigenvalue weighted by Crippen LogP contribution is -2.47. The van der Waals surface area contributed by atoms with Crippen LogP contribution >= 0.6 is 0 Å². The summed E-state index contributed by atoms with van der Waals surface area (Å²) in [5.41, 5.74) is 8.01. The smallest absolute Gasteiger partial charge is 0.254 e. The molecule has 0 aromatic carbocycles. The Morgan fingerprint density at radius 2 is 2.00 bits per heavy atom. The van der Waals surface area contributed by atoms with Crippen molar-refractivity contribution in [3.05, 3.63) is 22.9 Å². The third-order valence-corrected chi connectivity index (χ3v) is 5.28. The highest BCUT2D eigenvalue weighted by atomic mass is 19.3. The Morgan fingerprint density at radius 1 is 1.29 bits per heavy atom. The van der Waals surface area contributed by atoms with Gasteiger partial charge in [0.15, 0.2) is 0 Å². The largest absolute Gasteiger partial charge is 0.365 e. The highest BCUT2D eigenvalue weighted by molar-refractivity contribution is 5.98. The maximum Gasteiger partial charge on any atom is 0.254 e. The van der Waals surface area contributed by atoms with Crippen molar-refractivity contribution < 1.29 is 13.6 Å². The number of rotatable bonds is 2. The summed E-state index contributed by atoms with van der Waals surface area (Å²) in [4.78, 5) is 18.4. The van der Waals surface area contributed by atoms with Crippen molar-refractivity contribution in [1.82, 2.24) is 4.98 Å². The Hall–Kier alpha value is -1.72. The first kappa shape index (κ1) is 17.1. The van der Waals surface area contributed by atoms with Gasteiger partial charge in [0, 0.05) is 31.1 Å². The lowest BCUT2D eigenvalue weighted by molar-refractivity contribution is -0.0652. The second-order valence-electron chi connectivity index (χ2n) is 7.10. The number of carbonyl (C=O) groups excluding carboxylic acids is 1. The number of amides is 1. The van der Waals surface area contributed by atoms with Crippen molar-refractivity contribution in [3.63, 3.8) is 0 Å². The minimum absolute atomic E-state index is 0.194. The van der Waals surface area contributed by atoms with Crippen LogP contribution in [0.1, 0.15) is 60.6 Å². The van der Waals surface area contributed by atoms with Crippen LogP contribution in [0.2, 0.25) is 0 Å². The average Bonchev–Trinajstić information content (AvgIpc) is 2.50. The lowest BCUT2D eigenvalue weighted by Gasteiger charge is -2.38. The number of nitrogens with two attached hydrogens (primary N) is 1. The number of alkyl halides is 2. The van der Waals surface area contributed by atoms with Gasteiger partial charge in [-0.2, -0.15) is 0 Å². The van der Waals surface area contributed by atoms with E-state index in [1.54, 1.807) is 11.8 Å². The van der Waals surface area contributed by atoms with Crippen molar-refractivity contribution >= 4 is 11.7 Å². The maximum absolute atomic E-state index is 13.8. The van der Waals surface area contributed by atoms with Crippen LogP contribution < -0.4 is 10.6 Å². The van der Waals surface area contributed by atoms with E-state index in [-0.39, 0.29) is 19.5 Å². The summed E-state index contributed by atoms with van der Waals surface area (Å²) in [7, 11) is 0. The van der Waals surface area contributed by atoms with Gasteiger partial charge in [-0.3, -0.25) is 4.79 Å². The molecule has 2 aliphatic rings. The molecule has 1 saturated heterocycles. The van der Waals surface area contributed by atoms with Gasteiger partial charge in [-0.15, -0.1) is 0 Å². The summed E-state index contributed by atoms with van der Waals surface area (Å²) in [6.45, 7) is 1.94. The number of anilines is 1. The first-order valence-corrected chi connectivity index (χ1v) is 8.84. The second kappa shape index (κ2) is 6.65. The van der Waals surface area contributed by atoms with E-state index < -0.39 is 17.7 Å². The molecule has 1 aromatic rings. The van der Waals surface area contributed by atoms with E-state index in [1.165, 1.54) is 12.8 Å². The minimum atomic E-state index is -2.66. The number of primary amides is 1. The topological polar surface area (TPSA) is 59.2 Å². The first-order valence-electron chi connectivity index (χ1n) is 8.84. The quantitative estimate of drug-likeness (QED) is 0.900. The second-order valence-corrected chi connectivity index (χ2v) is 7.10. The predicted molar refractivity (Wildman–Crippen MR) is 89.6 cm³/mol. The zero-order chi connectivity index (χ0) is 17.3. The summed E-state index contributed by atoms with van der Waals surface area (Å²) in [6, 6.07) is 1.85. The van der Waals surface area contributed by atoms with E-state index in [2.05, 4.69) is 0 Å². The molecule has 0 saturated carbocycles. The van der Waals surface area contributed by atoms with Crippen molar-refractivity contribution in [2.75, 3.05) is 18.0 Å². The monoisotopic (exact) mass is 337 g/mol. The van der Waals surface area contributed by atoms with Gasteiger partial charge in [0.25, 0.3) is 11.8 Å². The minimum Gasteiger partial charge on any atom is -0.365 e. The molecule has 0 spiro atoms. The number of aromatic nitrogens is 1. The summed E-state index contributed by atoms with van der Waals surface area (Å²) < 4.78 is 27.6. The van der Waals surface area contributed by atoms with Crippen LogP contribution in [-0.2, 0) is 12.8 Å². The van der Waals surface area contributed by atoms with Gasteiger partial charge in [-0.1, -0.05) is 19.8 Å². The standard InChI is InChI=1S/C18H25F2N3O/c1-12-11-23(9-8-18(12,19)20)17-14(16(21)24)10-13-6-4-2-3-5-7-15(13)22-17/h10,12H,2-9,11H2,1H3,(H2,21,24). The Balaban J connectivity index is 1.97. The normalized spacial score (nSPS) is 24.0. The van der Waals surface area contributed by atoms with E-state index in [0.29, 0.717) is 11.4 Å². The zero-order valence-corrected chi connectivity index (χ0v) is 14.2. The van der Waals surface area contributed by atoms with E-state index in [4.69, 9.17) is 10.7 Å². The van der Waals surface area contributed by atoms with Gasteiger partial charge in [-0.25, -0.2) is 13.8 Å². The van der Waals surface area contributed by atoms with Crippen LogP contribution in [-0.4, -0.2) is 29.9 Å². The molecule has 1 unspecified atom stereocenters. The first-order chi connectivity index (χ1) is 11.4. The van der Waals surface area contributed by atoms with Crippen LogP contribution in [0.15, 0.2) is 6.07 Å². The van der Waals surface area contributed by atoms with Crippen LogP contribution in [0.5, 0.6) is 0 Å². The van der Waals surface area contributed by atoms with E-state index in [1.807, 2.05) is 6.07 Å². The number of nitrogens with zero attached hydrogens (tertiary/aromatic N) is 2. The van der Waals surface area contributed by atoms with Crippen LogP contribution in [0.4, 0.5) is 14.6 Å². The average molecular weight is 337 g/mol. The fraction of sp³-hybridized carbons (Fsp3) is 0.667. The number of pyridine rings is 1. The number of aryl methyl sites for hydroxylation is 2. The van der Waals surface area contributed by atoms with Crippen molar-refractivity contribution in [3.8, 4) is 0 Å². The summed E-state index contributed by atoms with van der Waals surface area (Å²) >= 11 is 0. The molecule has 132 valence electrons. The molecule has 24 heavy (non-hydrogen) atoms. The van der Waals surface area contributed by atoms with Crippen molar-refractivity contribution in [1.29, 1.82) is 0 Å². The molecule has 0 bridgehead atoms. The fourth-order valence-electron chi connectivity index (χ4n) is 3.68. The van der Waals surface area contributed by atoms with Gasteiger partial charge in [-0.05, 0) is 37.3 Å². The molecule has 1 amide bonds. The number of halogens is 2. The number of fused-ring (bicyclic) bond motifs is 1. The molecule has 3 rings (SSSR count). The molecule has 6 heteroatoms. The lowest BCUT2D eigenvalue weighted by atomic mass is 9.93. The highest BCUT2D eigenvalue weighted by Gasteiger charge is 2.42. The van der Waals surface area contributed by atoms with Gasteiger partial charge < -0.3 is 10.6 Å². The number of carbonyl (C=O) groups is 1. The zero-order valence-electron chi connectivity index (χ0n) is 14.2. The van der Waals surface area contributed by atoms with Crippen molar-refractivity contribution in [2.24, 2.45) is 11.7 Å². The molecule has 1 aliphatic heterocycles. The summed E-state index contributed by atoms with van der Waals surface area (Å²) in [5.74, 6) is -3.47. The Bertz CT molecular complexity index is 633. The summed E-state index contributed by atoms with van der Waals surface area (Å²) in [6.07, 6.45) is 6.08. The number of piperidine rings is 1. The number of hydrogen-bond donors (Lipinski definition) is 1. The van der Waals surface area contributed by atoms with E-state index >= 15 is 0 Å². The van der Waals surface area contributed by atoms with Crippen LogP contribution in [0, 0.1) is 5.92 Å². The third kappa shape index (κ3) is 3.37. The molecular weight excluding hydrogens is 312 g/mol. The highest BCUT2D eigenvalue weighted by Crippen LogP contribution is 2.36. The van der Waals surface area contributed by atoms with E-state index in [0.717, 1.165) is 36.9 Å². The third-order valence-electron chi connectivity index (χ3n) is 5.28. The predicted octanol–water partition coefficient (Wildman–Crippen LogP) is 3.32.